The number of fused-ring (bicyclic) bond motifs is 1. The Morgan fingerprint density at radius 1 is 0.828 bits per heavy atom. The van der Waals surface area contributed by atoms with Crippen LogP contribution >= 0.6 is 0 Å². The predicted octanol–water partition coefficient (Wildman–Crippen LogP) is 5.12. The lowest BCUT2D eigenvalue weighted by Gasteiger charge is -2.08. The molecular weight excluding hydrogens is 372 g/mol. The van der Waals surface area contributed by atoms with Crippen LogP contribution < -0.4 is 11.3 Å². The normalized spacial score (nSPS) is 11.5. The highest BCUT2D eigenvalue weighted by molar-refractivity contribution is 6.02. The van der Waals surface area contributed by atoms with Gasteiger partial charge in [0.1, 0.15) is 39.6 Å². The molecule has 1 N–H and O–H groups in total. The van der Waals surface area contributed by atoms with Crippen LogP contribution in [0.5, 0.6) is 5.75 Å². The van der Waals surface area contributed by atoms with Crippen LogP contribution in [0.4, 0.5) is 0 Å². The van der Waals surface area contributed by atoms with E-state index in [2.05, 4.69) is 13.8 Å². The number of furan rings is 1. The van der Waals surface area contributed by atoms with E-state index in [1.54, 1.807) is 19.9 Å². The van der Waals surface area contributed by atoms with Gasteiger partial charge >= 0.3 is 11.3 Å². The summed E-state index contributed by atoms with van der Waals surface area (Å²) in [7, 11) is 0. The van der Waals surface area contributed by atoms with Crippen molar-refractivity contribution in [2.24, 2.45) is 0 Å². The average Bonchev–Trinajstić information content (AvgIpc) is 3.00. The molecule has 4 rings (SSSR count). The van der Waals surface area contributed by atoms with Crippen molar-refractivity contribution < 1.29 is 18.4 Å². The van der Waals surface area contributed by atoms with Gasteiger partial charge in [-0.1, -0.05) is 38.1 Å². The van der Waals surface area contributed by atoms with Gasteiger partial charge in [-0.3, -0.25) is 0 Å². The highest BCUT2D eigenvalue weighted by Crippen LogP contribution is 2.41. The van der Waals surface area contributed by atoms with Crippen LogP contribution in [0.15, 0.2) is 59.2 Å². The maximum Gasteiger partial charge on any atom is 0.347 e. The predicted molar refractivity (Wildman–Crippen MR) is 109 cm³/mol. The Bertz CT molecular complexity index is 1330. The molecule has 3 heterocycles. The lowest BCUT2D eigenvalue weighted by molar-refractivity contribution is 0.438. The van der Waals surface area contributed by atoms with Crippen molar-refractivity contribution in [2.75, 3.05) is 0 Å². The quantitative estimate of drug-likeness (QED) is 0.520. The van der Waals surface area contributed by atoms with Gasteiger partial charge in [0.15, 0.2) is 0 Å². The molecule has 0 unspecified atom stereocenters. The Morgan fingerprint density at radius 3 is 2.07 bits per heavy atom. The molecule has 3 aromatic heterocycles. The monoisotopic (exact) mass is 392 g/mol. The van der Waals surface area contributed by atoms with E-state index in [1.165, 1.54) is 6.07 Å². The van der Waals surface area contributed by atoms with Crippen molar-refractivity contribution in [1.29, 1.82) is 0 Å². The fraction of sp³-hybridized carbons (Fsp3) is 0.217. The topological polar surface area (TPSA) is 93.8 Å². The summed E-state index contributed by atoms with van der Waals surface area (Å²) in [5.41, 5.74) is 0.701. The summed E-state index contributed by atoms with van der Waals surface area (Å²) in [6.45, 7) is 7.37. The van der Waals surface area contributed by atoms with Crippen molar-refractivity contribution in [3.05, 3.63) is 74.3 Å². The SMILES string of the molecule is Cc1cc(O)c(-c2c(-c3ccc(C(C)C)cc3)oc3cc(C)oc(=O)c23)c(=O)o1. The number of rotatable bonds is 3. The molecule has 0 atom stereocenters. The third-order valence-electron chi connectivity index (χ3n) is 4.87. The molecule has 0 radical (unpaired) electrons. The maximum absolute atomic E-state index is 12.6. The van der Waals surface area contributed by atoms with Gasteiger partial charge in [-0.25, -0.2) is 9.59 Å². The van der Waals surface area contributed by atoms with Gasteiger partial charge < -0.3 is 18.4 Å². The van der Waals surface area contributed by atoms with Crippen LogP contribution in [-0.4, -0.2) is 5.11 Å². The molecule has 0 bridgehead atoms. The fourth-order valence-electron chi connectivity index (χ4n) is 3.45. The fourth-order valence-corrected chi connectivity index (χ4v) is 3.45. The van der Waals surface area contributed by atoms with Gasteiger partial charge in [0.05, 0.1) is 5.56 Å². The number of benzene rings is 1. The van der Waals surface area contributed by atoms with Gasteiger partial charge in [0.2, 0.25) is 0 Å². The third kappa shape index (κ3) is 3.16. The molecular formula is C23H20O6. The molecule has 0 amide bonds. The standard InChI is InChI=1S/C23H20O6/c1-11(2)14-5-7-15(8-6-14)21-20(18-16(24)9-12(3)27-22(18)25)19-17(29-21)10-13(4)28-23(19)26/h5-11,24H,1-4H3. The summed E-state index contributed by atoms with van der Waals surface area (Å²) in [4.78, 5) is 25.2. The van der Waals surface area contributed by atoms with Crippen LogP contribution in [0.1, 0.15) is 36.8 Å². The third-order valence-corrected chi connectivity index (χ3v) is 4.87. The first kappa shape index (κ1) is 18.8. The molecule has 0 aliphatic rings. The Kier molecular flexibility index (Phi) is 4.42. The van der Waals surface area contributed by atoms with E-state index >= 15 is 0 Å². The highest BCUT2D eigenvalue weighted by atomic mass is 16.4. The second-order valence-electron chi connectivity index (χ2n) is 7.37. The van der Waals surface area contributed by atoms with Gasteiger partial charge in [0, 0.05) is 17.7 Å². The van der Waals surface area contributed by atoms with Crippen LogP contribution in [0, 0.1) is 13.8 Å². The van der Waals surface area contributed by atoms with Gasteiger partial charge in [-0.15, -0.1) is 0 Å². The van der Waals surface area contributed by atoms with E-state index < -0.39 is 11.3 Å². The van der Waals surface area contributed by atoms with Crippen LogP contribution in [0.25, 0.3) is 33.4 Å². The van der Waals surface area contributed by atoms with Crippen LogP contribution in [0.2, 0.25) is 0 Å². The summed E-state index contributed by atoms with van der Waals surface area (Å²) in [6.07, 6.45) is 0. The first-order chi connectivity index (χ1) is 13.8. The molecule has 0 saturated heterocycles. The van der Waals surface area contributed by atoms with Gasteiger partial charge in [0.25, 0.3) is 0 Å². The lowest BCUT2D eigenvalue weighted by atomic mass is 9.97. The minimum Gasteiger partial charge on any atom is -0.507 e. The largest absolute Gasteiger partial charge is 0.507 e. The number of hydrogen-bond donors (Lipinski definition) is 1. The Balaban J connectivity index is 2.11. The van der Waals surface area contributed by atoms with E-state index in [0.29, 0.717) is 23.0 Å². The molecule has 0 spiro atoms. The summed E-state index contributed by atoms with van der Waals surface area (Å²) >= 11 is 0. The smallest absolute Gasteiger partial charge is 0.347 e. The zero-order chi connectivity index (χ0) is 20.9. The number of aromatic hydroxyl groups is 1. The minimum atomic E-state index is -0.759. The zero-order valence-electron chi connectivity index (χ0n) is 16.5. The summed E-state index contributed by atoms with van der Waals surface area (Å²) < 4.78 is 16.4. The van der Waals surface area contributed by atoms with Crippen LogP contribution in [0.3, 0.4) is 0 Å². The van der Waals surface area contributed by atoms with E-state index in [4.69, 9.17) is 13.3 Å². The van der Waals surface area contributed by atoms with Crippen molar-refractivity contribution in [1.82, 2.24) is 0 Å². The Morgan fingerprint density at radius 2 is 1.45 bits per heavy atom. The van der Waals surface area contributed by atoms with Gasteiger partial charge in [-0.2, -0.15) is 0 Å². The highest BCUT2D eigenvalue weighted by Gasteiger charge is 2.27. The molecule has 0 aliphatic heterocycles. The van der Waals surface area contributed by atoms with Crippen molar-refractivity contribution in [3.63, 3.8) is 0 Å². The molecule has 0 fully saturated rings. The first-order valence-electron chi connectivity index (χ1n) is 9.28. The minimum absolute atomic E-state index is 0.0880. The molecule has 6 nitrogen and oxygen atoms in total. The summed E-state index contributed by atoms with van der Waals surface area (Å²) in [5, 5.41) is 10.6. The molecule has 0 aliphatic carbocycles. The second-order valence-corrected chi connectivity index (χ2v) is 7.37. The average molecular weight is 392 g/mol. The van der Waals surface area contributed by atoms with Crippen molar-refractivity contribution >= 4 is 11.0 Å². The number of hydrogen-bond acceptors (Lipinski definition) is 6. The van der Waals surface area contributed by atoms with E-state index in [0.717, 1.165) is 5.56 Å². The molecule has 6 heteroatoms. The molecule has 1 aromatic carbocycles. The number of aryl methyl sites for hydroxylation is 2. The van der Waals surface area contributed by atoms with Crippen LogP contribution in [-0.2, 0) is 0 Å². The summed E-state index contributed by atoms with van der Waals surface area (Å²) in [5.74, 6) is 0.989. The van der Waals surface area contributed by atoms with Gasteiger partial charge in [-0.05, 0) is 25.3 Å². The molecule has 4 aromatic rings. The van der Waals surface area contributed by atoms with E-state index in [-0.39, 0.29) is 33.6 Å². The second kappa shape index (κ2) is 6.81. The van der Waals surface area contributed by atoms with E-state index in [9.17, 15) is 14.7 Å². The first-order valence-corrected chi connectivity index (χ1v) is 9.28. The molecule has 0 saturated carbocycles. The Labute approximate surface area is 166 Å². The Hall–Kier alpha value is -3.54. The molecule has 29 heavy (non-hydrogen) atoms. The van der Waals surface area contributed by atoms with E-state index in [1.807, 2.05) is 24.3 Å². The molecule has 148 valence electrons. The summed E-state index contributed by atoms with van der Waals surface area (Å²) in [6, 6.07) is 10.6. The zero-order valence-corrected chi connectivity index (χ0v) is 16.5. The maximum atomic E-state index is 12.6. The lowest BCUT2D eigenvalue weighted by Crippen LogP contribution is -2.07. The van der Waals surface area contributed by atoms with Crippen molar-refractivity contribution in [3.8, 4) is 28.2 Å². The van der Waals surface area contributed by atoms with Crippen molar-refractivity contribution in [2.45, 2.75) is 33.6 Å².